The summed E-state index contributed by atoms with van der Waals surface area (Å²) >= 11 is 1.77. The molecule has 0 aliphatic heterocycles. The van der Waals surface area contributed by atoms with Crippen molar-refractivity contribution in [1.29, 1.82) is 0 Å². The van der Waals surface area contributed by atoms with Crippen LogP contribution < -0.4 is 15.9 Å². The Morgan fingerprint density at radius 3 is 1.90 bits per heavy atom. The van der Waals surface area contributed by atoms with Crippen LogP contribution >= 0.6 is 43.7 Å². The molecule has 2 nitrogen and oxygen atoms in total. The zero-order valence-corrected chi connectivity index (χ0v) is 22.2. The summed E-state index contributed by atoms with van der Waals surface area (Å²) in [6, 6.07) is 26.4. The fourth-order valence-electron chi connectivity index (χ4n) is 3.81. The number of hydrogen-bond donors (Lipinski definition) is 0. The molecule has 4 aromatic rings. The van der Waals surface area contributed by atoms with Crippen molar-refractivity contribution in [3.05, 3.63) is 91.0 Å². The lowest BCUT2D eigenvalue weighted by molar-refractivity contribution is 0.558. The molecule has 160 valence electrons. The highest BCUT2D eigenvalue weighted by Gasteiger charge is 2.29. The van der Waals surface area contributed by atoms with E-state index in [9.17, 15) is 0 Å². The van der Waals surface area contributed by atoms with Gasteiger partial charge < -0.3 is 4.42 Å². The molecular formula is C26H27INOPS. The normalized spacial score (nSPS) is 11.4. The van der Waals surface area contributed by atoms with Gasteiger partial charge in [-0.25, -0.2) is 4.98 Å². The fraction of sp³-hybridized carbons (Fsp3) is 0.192. The molecule has 3 aromatic carbocycles. The number of aromatic nitrogens is 1. The van der Waals surface area contributed by atoms with Gasteiger partial charge in [-0.1, -0.05) is 81.4 Å². The van der Waals surface area contributed by atoms with Crippen molar-refractivity contribution in [2.75, 3.05) is 6.26 Å². The summed E-state index contributed by atoms with van der Waals surface area (Å²) in [5.74, 6) is 0. The largest absolute Gasteiger partial charge is 0.451 e. The smallest absolute Gasteiger partial charge is 0.181 e. The van der Waals surface area contributed by atoms with Crippen molar-refractivity contribution in [2.45, 2.75) is 31.1 Å². The van der Waals surface area contributed by atoms with Gasteiger partial charge in [-0.2, -0.15) is 0 Å². The van der Waals surface area contributed by atoms with Crippen LogP contribution in [-0.4, -0.2) is 11.2 Å². The number of oxazole rings is 1. The van der Waals surface area contributed by atoms with Crippen molar-refractivity contribution >= 4 is 59.6 Å². The monoisotopic (exact) mass is 559 g/mol. The van der Waals surface area contributed by atoms with Crippen LogP contribution in [0.15, 0.2) is 94.8 Å². The molecule has 5 heteroatoms. The third kappa shape index (κ3) is 5.24. The minimum atomic E-state index is -0.717. The van der Waals surface area contributed by atoms with Crippen LogP contribution in [-0.2, 0) is 5.41 Å². The Balaban J connectivity index is 0.00000272. The van der Waals surface area contributed by atoms with Gasteiger partial charge in [0.25, 0.3) is 0 Å². The van der Waals surface area contributed by atoms with Gasteiger partial charge in [-0.05, 0) is 53.2 Å². The van der Waals surface area contributed by atoms with E-state index in [0.29, 0.717) is 0 Å². The SMILES string of the molecule is CSc1cc(-c2cocn2)c(C(C)(C)C)c(P(c2ccccc2)c2ccccc2)c1.I. The molecule has 0 atom stereocenters. The predicted octanol–water partition coefficient (Wildman–Crippen LogP) is 6.74. The van der Waals surface area contributed by atoms with Crippen LogP contribution in [0.3, 0.4) is 0 Å². The quantitative estimate of drug-likeness (QED) is 0.154. The lowest BCUT2D eigenvalue weighted by atomic mass is 9.83. The Kier molecular flexibility index (Phi) is 8.01. The Labute approximate surface area is 207 Å². The molecule has 0 aliphatic carbocycles. The van der Waals surface area contributed by atoms with Crippen LogP contribution in [0.1, 0.15) is 26.3 Å². The van der Waals surface area contributed by atoms with Crippen molar-refractivity contribution in [1.82, 2.24) is 4.98 Å². The minimum absolute atomic E-state index is 0. The average molecular weight is 559 g/mol. The lowest BCUT2D eigenvalue weighted by Crippen LogP contribution is -2.29. The summed E-state index contributed by atoms with van der Waals surface area (Å²) in [5.41, 5.74) is 3.35. The van der Waals surface area contributed by atoms with E-state index >= 15 is 0 Å². The van der Waals surface area contributed by atoms with E-state index in [2.05, 4.69) is 105 Å². The standard InChI is InChI=1S/C26H26NOPS.HI/c1-26(2,3)25-22(23-17-28-18-27-23)15-21(30-4)16-24(25)29(19-11-7-5-8-12-19)20-13-9-6-10-14-20;/h5-18H,1-4H3;1H. The summed E-state index contributed by atoms with van der Waals surface area (Å²) in [5, 5.41) is 4.10. The van der Waals surface area contributed by atoms with E-state index in [1.165, 1.54) is 32.8 Å². The first-order valence-corrected chi connectivity index (χ1v) is 12.6. The highest BCUT2D eigenvalue weighted by Crippen LogP contribution is 2.42. The molecule has 0 unspecified atom stereocenters. The maximum Gasteiger partial charge on any atom is 0.181 e. The molecular weight excluding hydrogens is 532 g/mol. The summed E-state index contributed by atoms with van der Waals surface area (Å²) in [6.07, 6.45) is 5.41. The molecule has 4 rings (SSSR count). The van der Waals surface area contributed by atoms with Gasteiger partial charge in [0, 0.05) is 10.5 Å². The third-order valence-corrected chi connectivity index (χ3v) is 8.23. The Morgan fingerprint density at radius 1 is 0.871 bits per heavy atom. The first kappa shape index (κ1) is 24.0. The first-order valence-electron chi connectivity index (χ1n) is 10.0. The molecule has 1 heterocycles. The van der Waals surface area contributed by atoms with Gasteiger partial charge in [-0.15, -0.1) is 35.7 Å². The van der Waals surface area contributed by atoms with Crippen molar-refractivity contribution in [3.63, 3.8) is 0 Å². The van der Waals surface area contributed by atoms with Gasteiger partial charge in [0.1, 0.15) is 12.0 Å². The van der Waals surface area contributed by atoms with Crippen molar-refractivity contribution in [3.8, 4) is 11.3 Å². The molecule has 1 aromatic heterocycles. The minimum Gasteiger partial charge on any atom is -0.451 e. The van der Waals surface area contributed by atoms with E-state index in [1.807, 2.05) is 0 Å². The summed E-state index contributed by atoms with van der Waals surface area (Å²) in [4.78, 5) is 5.76. The van der Waals surface area contributed by atoms with Gasteiger partial charge in [0.2, 0.25) is 0 Å². The number of thioether (sulfide) groups is 1. The van der Waals surface area contributed by atoms with E-state index < -0.39 is 7.92 Å². The number of nitrogens with zero attached hydrogens (tertiary/aromatic N) is 1. The maximum absolute atomic E-state index is 5.37. The van der Waals surface area contributed by atoms with E-state index in [4.69, 9.17) is 4.42 Å². The van der Waals surface area contributed by atoms with Crippen LogP contribution in [0.2, 0.25) is 0 Å². The van der Waals surface area contributed by atoms with Crippen LogP contribution in [0.5, 0.6) is 0 Å². The molecule has 0 N–H and O–H groups in total. The molecule has 0 spiro atoms. The molecule has 0 aliphatic rings. The highest BCUT2D eigenvalue weighted by molar-refractivity contribution is 14.0. The van der Waals surface area contributed by atoms with Crippen LogP contribution in [0.4, 0.5) is 0 Å². The molecule has 0 fully saturated rings. The summed E-state index contributed by atoms with van der Waals surface area (Å²) < 4.78 is 5.37. The Bertz CT molecular complexity index is 1070. The zero-order chi connectivity index (χ0) is 21.1. The number of halogens is 1. The van der Waals surface area contributed by atoms with E-state index in [-0.39, 0.29) is 29.4 Å². The number of benzene rings is 3. The van der Waals surface area contributed by atoms with Gasteiger partial charge >= 0.3 is 0 Å². The highest BCUT2D eigenvalue weighted by atomic mass is 127. The topological polar surface area (TPSA) is 26.0 Å². The Morgan fingerprint density at radius 2 is 1.45 bits per heavy atom. The molecule has 0 amide bonds. The molecule has 0 saturated carbocycles. The van der Waals surface area contributed by atoms with Crippen LogP contribution in [0.25, 0.3) is 11.3 Å². The molecule has 0 saturated heterocycles. The van der Waals surface area contributed by atoms with E-state index in [1.54, 1.807) is 18.0 Å². The molecule has 31 heavy (non-hydrogen) atoms. The van der Waals surface area contributed by atoms with Gasteiger partial charge in [-0.3, -0.25) is 0 Å². The summed E-state index contributed by atoms with van der Waals surface area (Å²) in [7, 11) is -0.717. The first-order chi connectivity index (χ1) is 14.5. The Hall–Kier alpha value is -1.62. The van der Waals surface area contributed by atoms with Crippen molar-refractivity contribution in [2.24, 2.45) is 0 Å². The maximum atomic E-state index is 5.37. The molecule has 0 radical (unpaired) electrons. The van der Waals surface area contributed by atoms with Crippen LogP contribution in [0, 0.1) is 0 Å². The lowest BCUT2D eigenvalue weighted by Gasteiger charge is -2.31. The van der Waals surface area contributed by atoms with E-state index in [0.717, 1.165) is 11.3 Å². The van der Waals surface area contributed by atoms with Gasteiger partial charge in [0.15, 0.2) is 6.39 Å². The second-order valence-electron chi connectivity index (χ2n) is 8.20. The average Bonchev–Trinajstić information content (AvgIpc) is 3.29. The number of rotatable bonds is 5. The molecule has 0 bridgehead atoms. The second kappa shape index (κ2) is 10.3. The summed E-state index contributed by atoms with van der Waals surface area (Å²) in [6.45, 7) is 6.87. The van der Waals surface area contributed by atoms with Gasteiger partial charge in [0.05, 0.1) is 0 Å². The zero-order valence-electron chi connectivity index (χ0n) is 18.2. The van der Waals surface area contributed by atoms with Crippen molar-refractivity contribution < 1.29 is 4.42 Å². The fourth-order valence-corrected chi connectivity index (χ4v) is 7.11. The third-order valence-electron chi connectivity index (χ3n) is 5.05. The second-order valence-corrected chi connectivity index (χ2v) is 11.3. The number of hydrogen-bond acceptors (Lipinski definition) is 3. The predicted molar refractivity (Wildman–Crippen MR) is 147 cm³/mol.